The highest BCUT2D eigenvalue weighted by molar-refractivity contribution is 14.0. The minimum Gasteiger partial charge on any atom is -0.370 e. The van der Waals surface area contributed by atoms with Gasteiger partial charge in [-0.25, -0.2) is 0 Å². The van der Waals surface area contributed by atoms with Gasteiger partial charge in [-0.2, -0.15) is 0 Å². The predicted molar refractivity (Wildman–Crippen MR) is 99.6 cm³/mol. The van der Waals surface area contributed by atoms with Crippen molar-refractivity contribution >= 4 is 53.1 Å². The molecule has 0 aromatic heterocycles. The van der Waals surface area contributed by atoms with E-state index >= 15 is 0 Å². The highest BCUT2D eigenvalue weighted by Gasteiger charge is 2.06. The second-order valence-electron chi connectivity index (χ2n) is 4.40. The third-order valence-electron chi connectivity index (χ3n) is 2.71. The van der Waals surface area contributed by atoms with Crippen LogP contribution in [0.4, 0.5) is 5.69 Å². The molecule has 1 rings (SSSR count). The molecule has 1 aromatic carbocycles. The van der Waals surface area contributed by atoms with Crippen LogP contribution in [0.25, 0.3) is 0 Å². The lowest BCUT2D eigenvalue weighted by atomic mass is 10.2. The van der Waals surface area contributed by atoms with Crippen molar-refractivity contribution in [1.82, 2.24) is 5.32 Å². The molecule has 0 spiro atoms. The van der Waals surface area contributed by atoms with Gasteiger partial charge in [-0.1, -0.05) is 24.6 Å². The summed E-state index contributed by atoms with van der Waals surface area (Å²) >= 11 is 6.00. The first-order chi connectivity index (χ1) is 9.54. The van der Waals surface area contributed by atoms with E-state index in [-0.39, 0.29) is 29.9 Å². The summed E-state index contributed by atoms with van der Waals surface area (Å²) in [6.07, 6.45) is 1.26. The number of aliphatic imine (C=N–C) groups is 1. The molecule has 0 bridgehead atoms. The van der Waals surface area contributed by atoms with Crippen molar-refractivity contribution in [3.63, 3.8) is 0 Å². The molecular weight excluding hydrogens is 403 g/mol. The average Bonchev–Trinajstić information content (AvgIpc) is 2.41. The van der Waals surface area contributed by atoms with E-state index in [1.54, 1.807) is 12.1 Å². The van der Waals surface area contributed by atoms with Gasteiger partial charge >= 0.3 is 0 Å². The molecule has 0 atom stereocenters. The van der Waals surface area contributed by atoms with Crippen LogP contribution in [0.2, 0.25) is 5.02 Å². The van der Waals surface area contributed by atoms with E-state index in [9.17, 15) is 4.79 Å². The van der Waals surface area contributed by atoms with E-state index in [2.05, 4.69) is 15.6 Å². The SMILES string of the molecule is CCCN=C(N)NCCC(=O)Nc1cccc(Cl)c1C.I. The summed E-state index contributed by atoms with van der Waals surface area (Å²) in [7, 11) is 0. The number of nitrogens with two attached hydrogens (primary N) is 1. The molecule has 0 aliphatic carbocycles. The number of carbonyl (C=O) groups is 1. The first-order valence-corrected chi connectivity index (χ1v) is 7.01. The Morgan fingerprint density at radius 2 is 2.14 bits per heavy atom. The number of nitrogens with one attached hydrogen (secondary N) is 2. The molecule has 0 unspecified atom stereocenters. The number of rotatable bonds is 6. The van der Waals surface area contributed by atoms with E-state index in [4.69, 9.17) is 17.3 Å². The van der Waals surface area contributed by atoms with Gasteiger partial charge < -0.3 is 16.4 Å². The Bertz CT molecular complexity index is 494. The molecule has 5 nitrogen and oxygen atoms in total. The molecule has 0 aliphatic heterocycles. The van der Waals surface area contributed by atoms with Crippen LogP contribution >= 0.6 is 35.6 Å². The molecule has 21 heavy (non-hydrogen) atoms. The van der Waals surface area contributed by atoms with Crippen LogP contribution in [-0.2, 0) is 4.79 Å². The maximum Gasteiger partial charge on any atom is 0.226 e. The molecular formula is C14H22ClIN4O. The van der Waals surface area contributed by atoms with Crippen LogP contribution in [0.3, 0.4) is 0 Å². The first kappa shape index (κ1) is 20.0. The summed E-state index contributed by atoms with van der Waals surface area (Å²) < 4.78 is 0. The quantitative estimate of drug-likeness (QED) is 0.373. The smallest absolute Gasteiger partial charge is 0.226 e. The van der Waals surface area contributed by atoms with Crippen LogP contribution in [-0.4, -0.2) is 25.0 Å². The lowest BCUT2D eigenvalue weighted by molar-refractivity contribution is -0.116. The number of hydrogen-bond acceptors (Lipinski definition) is 2. The third kappa shape index (κ3) is 7.52. The summed E-state index contributed by atoms with van der Waals surface area (Å²) in [6, 6.07) is 5.42. The van der Waals surface area contributed by atoms with Gasteiger partial charge in [-0.3, -0.25) is 9.79 Å². The topological polar surface area (TPSA) is 79.5 Å². The number of guanidine groups is 1. The summed E-state index contributed by atoms with van der Waals surface area (Å²) in [5.74, 6) is 0.282. The Morgan fingerprint density at radius 1 is 1.43 bits per heavy atom. The van der Waals surface area contributed by atoms with E-state index in [1.807, 2.05) is 19.9 Å². The number of halogens is 2. The normalized spacial score (nSPS) is 10.7. The molecule has 4 N–H and O–H groups in total. The third-order valence-corrected chi connectivity index (χ3v) is 3.12. The van der Waals surface area contributed by atoms with Crippen molar-refractivity contribution in [3.8, 4) is 0 Å². The highest BCUT2D eigenvalue weighted by atomic mass is 127. The first-order valence-electron chi connectivity index (χ1n) is 6.63. The number of amides is 1. The zero-order valence-corrected chi connectivity index (χ0v) is 15.4. The van der Waals surface area contributed by atoms with Crippen molar-refractivity contribution in [2.45, 2.75) is 26.7 Å². The number of anilines is 1. The van der Waals surface area contributed by atoms with Crippen LogP contribution in [0.1, 0.15) is 25.3 Å². The monoisotopic (exact) mass is 424 g/mol. The standard InChI is InChI=1S/C14H21ClN4O.HI/c1-3-8-17-14(16)18-9-7-13(20)19-12-6-4-5-11(15)10(12)2;/h4-6H,3,7-9H2,1-2H3,(H,19,20)(H3,16,17,18);1H. The van der Waals surface area contributed by atoms with Crippen LogP contribution in [0, 0.1) is 6.92 Å². The van der Waals surface area contributed by atoms with E-state index in [0.717, 1.165) is 17.7 Å². The maximum absolute atomic E-state index is 11.8. The van der Waals surface area contributed by atoms with Gasteiger partial charge in [0, 0.05) is 30.2 Å². The fraction of sp³-hybridized carbons (Fsp3) is 0.429. The van der Waals surface area contributed by atoms with Crippen molar-refractivity contribution in [1.29, 1.82) is 0 Å². The lowest BCUT2D eigenvalue weighted by Gasteiger charge is -2.10. The number of nitrogens with zero attached hydrogens (tertiary/aromatic N) is 1. The van der Waals surface area contributed by atoms with E-state index in [1.165, 1.54) is 0 Å². The van der Waals surface area contributed by atoms with Crippen molar-refractivity contribution in [2.75, 3.05) is 18.4 Å². The van der Waals surface area contributed by atoms with Gasteiger partial charge in [-0.05, 0) is 31.0 Å². The predicted octanol–water partition coefficient (Wildman–Crippen LogP) is 2.91. The molecule has 1 aromatic rings. The molecule has 0 heterocycles. The summed E-state index contributed by atoms with van der Waals surface area (Å²) in [4.78, 5) is 15.9. The van der Waals surface area contributed by atoms with E-state index < -0.39 is 0 Å². The van der Waals surface area contributed by atoms with Gasteiger partial charge in [-0.15, -0.1) is 24.0 Å². The molecule has 7 heteroatoms. The Hall–Kier alpha value is -1.02. The zero-order valence-electron chi connectivity index (χ0n) is 12.3. The molecule has 0 saturated carbocycles. The molecule has 0 saturated heterocycles. The maximum atomic E-state index is 11.8. The number of carbonyl (C=O) groups excluding carboxylic acids is 1. The Labute approximate surface area is 147 Å². The van der Waals surface area contributed by atoms with Crippen LogP contribution < -0.4 is 16.4 Å². The second kappa shape index (κ2) is 10.7. The van der Waals surface area contributed by atoms with E-state index in [0.29, 0.717) is 30.5 Å². The Morgan fingerprint density at radius 3 is 2.81 bits per heavy atom. The largest absolute Gasteiger partial charge is 0.370 e. The fourth-order valence-electron chi connectivity index (χ4n) is 1.55. The molecule has 0 aliphatic rings. The minimum absolute atomic E-state index is 0. The van der Waals surface area contributed by atoms with Gasteiger partial charge in [0.1, 0.15) is 0 Å². The molecule has 1 amide bonds. The van der Waals surface area contributed by atoms with Gasteiger partial charge in [0.05, 0.1) is 0 Å². The minimum atomic E-state index is -0.0915. The number of benzene rings is 1. The van der Waals surface area contributed by atoms with Crippen molar-refractivity contribution < 1.29 is 4.79 Å². The second-order valence-corrected chi connectivity index (χ2v) is 4.81. The van der Waals surface area contributed by atoms with Crippen LogP contribution in [0.5, 0.6) is 0 Å². The molecule has 0 radical (unpaired) electrons. The summed E-state index contributed by atoms with van der Waals surface area (Å²) in [5, 5.41) is 6.36. The lowest BCUT2D eigenvalue weighted by Crippen LogP contribution is -2.34. The average molecular weight is 425 g/mol. The van der Waals surface area contributed by atoms with Crippen molar-refractivity contribution in [2.24, 2.45) is 10.7 Å². The number of hydrogen-bond donors (Lipinski definition) is 3. The Balaban J connectivity index is 0.00000400. The fourth-order valence-corrected chi connectivity index (χ4v) is 1.72. The van der Waals surface area contributed by atoms with Crippen LogP contribution in [0.15, 0.2) is 23.2 Å². The molecule has 0 fully saturated rings. The van der Waals surface area contributed by atoms with Crippen molar-refractivity contribution in [3.05, 3.63) is 28.8 Å². The van der Waals surface area contributed by atoms with Gasteiger partial charge in [0.2, 0.25) is 5.91 Å². The Kier molecular flexibility index (Phi) is 10.2. The van der Waals surface area contributed by atoms with Gasteiger partial charge in [0.15, 0.2) is 5.96 Å². The summed E-state index contributed by atoms with van der Waals surface area (Å²) in [6.45, 7) is 5.03. The van der Waals surface area contributed by atoms with Gasteiger partial charge in [0.25, 0.3) is 0 Å². The molecule has 118 valence electrons. The highest BCUT2D eigenvalue weighted by Crippen LogP contribution is 2.22. The summed E-state index contributed by atoms with van der Waals surface area (Å²) in [5.41, 5.74) is 7.22. The zero-order chi connectivity index (χ0) is 15.0.